The quantitative estimate of drug-likeness (QED) is 0.572. The van der Waals surface area contributed by atoms with E-state index in [-0.39, 0.29) is 0 Å². The fourth-order valence-electron chi connectivity index (χ4n) is 3.18. The molecule has 4 rings (SSSR count). The molecule has 0 bridgehead atoms. The number of nitrogens with one attached hydrogen (secondary N) is 1. The van der Waals surface area contributed by atoms with Crippen LogP contribution in [0.5, 0.6) is 0 Å². The van der Waals surface area contributed by atoms with Crippen molar-refractivity contribution in [2.75, 3.05) is 30.9 Å². The topological polar surface area (TPSA) is 58.4 Å². The highest BCUT2D eigenvalue weighted by Crippen LogP contribution is 2.30. The van der Waals surface area contributed by atoms with Gasteiger partial charge < -0.3 is 10.2 Å². The fraction of sp³-hybridized carbons (Fsp3) is 0.190. The average Bonchev–Trinajstić information content (AvgIpc) is 3.13. The number of fused-ring (bicyclic) bond motifs is 1. The number of rotatable bonds is 6. The molecule has 0 fully saturated rings. The van der Waals surface area contributed by atoms with Crippen LogP contribution in [0.4, 0.5) is 11.5 Å². The molecule has 6 heteroatoms. The molecule has 0 amide bonds. The number of para-hydroxylation sites is 1. The lowest BCUT2D eigenvalue weighted by Crippen LogP contribution is -2.10. The minimum atomic E-state index is 0.750. The summed E-state index contributed by atoms with van der Waals surface area (Å²) in [7, 11) is 4.10. The molecule has 27 heavy (non-hydrogen) atoms. The van der Waals surface area contributed by atoms with Gasteiger partial charge in [0.05, 0.1) is 11.9 Å². The molecule has 0 saturated heterocycles. The van der Waals surface area contributed by atoms with Gasteiger partial charge in [-0.25, -0.2) is 9.97 Å². The molecule has 136 valence electrons. The van der Waals surface area contributed by atoms with E-state index in [0.29, 0.717) is 0 Å². The van der Waals surface area contributed by atoms with E-state index < -0.39 is 0 Å². The zero-order chi connectivity index (χ0) is 18.6. The first kappa shape index (κ1) is 17.0. The van der Waals surface area contributed by atoms with Crippen molar-refractivity contribution in [1.82, 2.24) is 19.4 Å². The van der Waals surface area contributed by atoms with E-state index in [1.165, 1.54) is 0 Å². The summed E-state index contributed by atoms with van der Waals surface area (Å²) in [5.41, 5.74) is 5.22. The first-order chi connectivity index (χ1) is 13.2. The van der Waals surface area contributed by atoms with Crippen molar-refractivity contribution in [2.45, 2.75) is 6.42 Å². The molecule has 3 heterocycles. The molecule has 0 spiro atoms. The average molecular weight is 358 g/mol. The lowest BCUT2D eigenvalue weighted by Gasteiger charge is -2.17. The Morgan fingerprint density at radius 2 is 1.81 bits per heavy atom. The maximum absolute atomic E-state index is 4.62. The van der Waals surface area contributed by atoms with Gasteiger partial charge in [-0.1, -0.05) is 24.3 Å². The lowest BCUT2D eigenvalue weighted by atomic mass is 10.1. The van der Waals surface area contributed by atoms with Crippen LogP contribution in [-0.2, 0) is 6.42 Å². The van der Waals surface area contributed by atoms with Gasteiger partial charge in [-0.15, -0.1) is 0 Å². The SMILES string of the molecule is CN(C)c1ccccc1-c1cnc2c(NCCc3ccccn3)nccn12. The summed E-state index contributed by atoms with van der Waals surface area (Å²) in [4.78, 5) is 15.6. The third-order valence-electron chi connectivity index (χ3n) is 4.49. The Bertz CT molecular complexity index is 1040. The van der Waals surface area contributed by atoms with Gasteiger partial charge in [0.25, 0.3) is 0 Å². The lowest BCUT2D eigenvalue weighted by molar-refractivity contribution is 0.951. The third kappa shape index (κ3) is 3.46. The first-order valence-corrected chi connectivity index (χ1v) is 8.96. The van der Waals surface area contributed by atoms with Gasteiger partial charge in [0.2, 0.25) is 0 Å². The molecule has 6 nitrogen and oxygen atoms in total. The number of hydrogen-bond acceptors (Lipinski definition) is 5. The van der Waals surface area contributed by atoms with Crippen LogP contribution in [0.2, 0.25) is 0 Å². The van der Waals surface area contributed by atoms with Crippen LogP contribution in [0, 0.1) is 0 Å². The molecule has 0 saturated carbocycles. The summed E-state index contributed by atoms with van der Waals surface area (Å²) in [5.74, 6) is 0.780. The minimum Gasteiger partial charge on any atom is -0.377 e. The number of hydrogen-bond donors (Lipinski definition) is 1. The van der Waals surface area contributed by atoms with E-state index >= 15 is 0 Å². The molecular weight excluding hydrogens is 336 g/mol. The van der Waals surface area contributed by atoms with Crippen molar-refractivity contribution in [3.8, 4) is 11.3 Å². The largest absolute Gasteiger partial charge is 0.377 e. The van der Waals surface area contributed by atoms with Crippen molar-refractivity contribution >= 4 is 17.2 Å². The van der Waals surface area contributed by atoms with E-state index in [2.05, 4.69) is 47.8 Å². The Kier molecular flexibility index (Phi) is 4.70. The van der Waals surface area contributed by atoms with Gasteiger partial charge in [-0.3, -0.25) is 9.38 Å². The van der Waals surface area contributed by atoms with Crippen LogP contribution in [-0.4, -0.2) is 40.0 Å². The summed E-state index contributed by atoms with van der Waals surface area (Å²) < 4.78 is 2.08. The summed E-state index contributed by atoms with van der Waals surface area (Å²) in [6.07, 6.45) is 8.31. The van der Waals surface area contributed by atoms with Crippen molar-refractivity contribution in [3.63, 3.8) is 0 Å². The normalized spacial score (nSPS) is 10.9. The van der Waals surface area contributed by atoms with Gasteiger partial charge in [0.15, 0.2) is 11.5 Å². The van der Waals surface area contributed by atoms with E-state index in [1.807, 2.05) is 57.0 Å². The Balaban J connectivity index is 1.62. The maximum atomic E-state index is 4.62. The maximum Gasteiger partial charge on any atom is 0.180 e. The van der Waals surface area contributed by atoms with E-state index in [1.54, 1.807) is 6.20 Å². The van der Waals surface area contributed by atoms with Gasteiger partial charge >= 0.3 is 0 Å². The van der Waals surface area contributed by atoms with E-state index in [4.69, 9.17) is 0 Å². The molecule has 0 radical (unpaired) electrons. The Morgan fingerprint density at radius 3 is 2.63 bits per heavy atom. The smallest absolute Gasteiger partial charge is 0.180 e. The Labute approximate surface area is 158 Å². The van der Waals surface area contributed by atoms with E-state index in [9.17, 15) is 0 Å². The number of benzene rings is 1. The summed E-state index contributed by atoms with van der Waals surface area (Å²) >= 11 is 0. The van der Waals surface area contributed by atoms with Gasteiger partial charge in [0.1, 0.15) is 0 Å². The number of aromatic nitrogens is 4. The van der Waals surface area contributed by atoms with Crippen molar-refractivity contribution in [1.29, 1.82) is 0 Å². The molecule has 1 N–H and O–H groups in total. The zero-order valence-corrected chi connectivity index (χ0v) is 15.5. The monoisotopic (exact) mass is 358 g/mol. The predicted octanol–water partition coefficient (Wildman–Crippen LogP) is 3.51. The predicted molar refractivity (Wildman–Crippen MR) is 109 cm³/mol. The Morgan fingerprint density at radius 1 is 0.963 bits per heavy atom. The van der Waals surface area contributed by atoms with Crippen molar-refractivity contribution in [2.24, 2.45) is 0 Å². The summed E-state index contributed by atoms with van der Waals surface area (Å²) in [5, 5.41) is 3.39. The molecular formula is C21H22N6. The highest BCUT2D eigenvalue weighted by atomic mass is 15.1. The van der Waals surface area contributed by atoms with Gasteiger partial charge in [-0.05, 0) is 18.2 Å². The van der Waals surface area contributed by atoms with Crippen LogP contribution < -0.4 is 10.2 Å². The third-order valence-corrected chi connectivity index (χ3v) is 4.49. The second-order valence-corrected chi connectivity index (χ2v) is 6.52. The van der Waals surface area contributed by atoms with Crippen LogP contribution in [0.1, 0.15) is 5.69 Å². The second kappa shape index (κ2) is 7.45. The van der Waals surface area contributed by atoms with Crippen molar-refractivity contribution in [3.05, 3.63) is 72.9 Å². The molecule has 0 unspecified atom stereocenters. The van der Waals surface area contributed by atoms with Crippen LogP contribution in [0.15, 0.2) is 67.3 Å². The summed E-state index contributed by atoms with van der Waals surface area (Å²) in [6.45, 7) is 0.750. The molecule has 4 aromatic rings. The molecule has 0 atom stereocenters. The van der Waals surface area contributed by atoms with Gasteiger partial charge in [-0.2, -0.15) is 0 Å². The Hall–Kier alpha value is -3.41. The highest BCUT2D eigenvalue weighted by molar-refractivity contribution is 5.79. The van der Waals surface area contributed by atoms with Crippen LogP contribution in [0.25, 0.3) is 16.9 Å². The fourth-order valence-corrected chi connectivity index (χ4v) is 3.18. The zero-order valence-electron chi connectivity index (χ0n) is 15.5. The highest BCUT2D eigenvalue weighted by Gasteiger charge is 2.13. The molecule has 0 aliphatic carbocycles. The number of anilines is 2. The minimum absolute atomic E-state index is 0.750. The number of imidazole rings is 1. The van der Waals surface area contributed by atoms with E-state index in [0.717, 1.165) is 47.1 Å². The number of pyridine rings is 1. The summed E-state index contributed by atoms with van der Waals surface area (Å²) in [6, 6.07) is 14.3. The standard InChI is InChI=1S/C21H22N6/c1-26(2)18-9-4-3-8-17(18)19-15-25-21-20(24-13-14-27(19)21)23-12-10-16-7-5-6-11-22-16/h3-9,11,13-15H,10,12H2,1-2H3,(H,23,24). The van der Waals surface area contributed by atoms with Gasteiger partial charge in [0, 0.05) is 62.6 Å². The first-order valence-electron chi connectivity index (χ1n) is 8.96. The molecule has 1 aromatic carbocycles. The molecule has 0 aliphatic rings. The second-order valence-electron chi connectivity index (χ2n) is 6.52. The van der Waals surface area contributed by atoms with Crippen LogP contribution in [0.3, 0.4) is 0 Å². The molecule has 3 aromatic heterocycles. The van der Waals surface area contributed by atoms with Crippen LogP contribution >= 0.6 is 0 Å². The molecule has 0 aliphatic heterocycles. The van der Waals surface area contributed by atoms with Crippen molar-refractivity contribution < 1.29 is 0 Å². The number of nitrogens with zero attached hydrogens (tertiary/aromatic N) is 5.